The second-order valence-corrected chi connectivity index (χ2v) is 3.96. The van der Waals surface area contributed by atoms with Crippen LogP contribution >= 0.6 is 0 Å². The van der Waals surface area contributed by atoms with Crippen LogP contribution in [0.3, 0.4) is 0 Å². The smallest absolute Gasteiger partial charge is 0.160 e. The maximum absolute atomic E-state index is 11.9. The molecule has 0 atom stereocenters. The van der Waals surface area contributed by atoms with E-state index in [9.17, 15) is 4.79 Å². The van der Waals surface area contributed by atoms with Crippen molar-refractivity contribution < 1.29 is 9.53 Å². The van der Waals surface area contributed by atoms with Crippen LogP contribution in [0.15, 0.2) is 35.9 Å². The van der Waals surface area contributed by atoms with Gasteiger partial charge in [0.05, 0.1) is 7.11 Å². The molecule has 0 amide bonds. The fraction of sp³-hybridized carbons (Fsp3) is 0.400. The predicted molar refractivity (Wildman–Crippen MR) is 70.4 cm³/mol. The van der Waals surface area contributed by atoms with Crippen LogP contribution < -0.4 is 4.74 Å². The molecule has 1 aromatic carbocycles. The van der Waals surface area contributed by atoms with E-state index in [1.165, 1.54) is 5.57 Å². The van der Waals surface area contributed by atoms with Crippen molar-refractivity contribution in [3.05, 3.63) is 41.5 Å². The molecule has 92 valence electrons. The second kappa shape index (κ2) is 6.89. The Balaban J connectivity index is 2.77. The lowest BCUT2D eigenvalue weighted by molar-refractivity contribution is -0.114. The number of ketones is 1. The van der Waals surface area contributed by atoms with E-state index in [-0.39, 0.29) is 5.78 Å². The molecule has 2 nitrogen and oxygen atoms in total. The predicted octanol–water partition coefficient (Wildman–Crippen LogP) is 3.55. The van der Waals surface area contributed by atoms with Gasteiger partial charge in [0.2, 0.25) is 0 Å². The molecule has 17 heavy (non-hydrogen) atoms. The van der Waals surface area contributed by atoms with E-state index in [0.717, 1.165) is 24.2 Å². The van der Waals surface area contributed by atoms with E-state index < -0.39 is 0 Å². The van der Waals surface area contributed by atoms with Crippen molar-refractivity contribution >= 4 is 5.78 Å². The third-order valence-corrected chi connectivity index (χ3v) is 2.83. The van der Waals surface area contributed by atoms with Crippen molar-refractivity contribution in [2.24, 2.45) is 0 Å². The number of carbonyl (C=O) groups is 1. The highest BCUT2D eigenvalue weighted by atomic mass is 16.5. The summed E-state index contributed by atoms with van der Waals surface area (Å²) < 4.78 is 5.23. The summed E-state index contributed by atoms with van der Waals surface area (Å²) >= 11 is 0. The van der Waals surface area contributed by atoms with Crippen molar-refractivity contribution in [2.45, 2.75) is 33.1 Å². The van der Waals surface area contributed by atoms with Crippen molar-refractivity contribution in [1.29, 1.82) is 0 Å². The maximum atomic E-state index is 11.9. The number of para-hydroxylation sites is 1. The lowest BCUT2D eigenvalue weighted by atomic mass is 10.0. The maximum Gasteiger partial charge on any atom is 0.160 e. The fourth-order valence-electron chi connectivity index (χ4n) is 1.77. The number of benzene rings is 1. The van der Waals surface area contributed by atoms with Crippen molar-refractivity contribution in [3.63, 3.8) is 0 Å². The molecule has 0 unspecified atom stereocenters. The SMILES string of the molecule is CCC(=CC(=O)Cc1ccccc1OC)CC. The molecule has 0 heterocycles. The third-order valence-electron chi connectivity index (χ3n) is 2.83. The topological polar surface area (TPSA) is 26.3 Å². The minimum atomic E-state index is 0.146. The van der Waals surface area contributed by atoms with Gasteiger partial charge in [0.15, 0.2) is 5.78 Å². The number of ether oxygens (including phenoxy) is 1. The molecule has 0 fully saturated rings. The summed E-state index contributed by atoms with van der Waals surface area (Å²) in [6, 6.07) is 7.65. The molecule has 2 heteroatoms. The van der Waals surface area contributed by atoms with Gasteiger partial charge in [0.25, 0.3) is 0 Å². The molecular weight excluding hydrogens is 212 g/mol. The van der Waals surface area contributed by atoms with Crippen molar-refractivity contribution in [2.75, 3.05) is 7.11 Å². The van der Waals surface area contributed by atoms with E-state index in [0.29, 0.717) is 6.42 Å². The van der Waals surface area contributed by atoms with Crippen LogP contribution in [0, 0.1) is 0 Å². The Morgan fingerprint density at radius 1 is 1.24 bits per heavy atom. The lowest BCUT2D eigenvalue weighted by Gasteiger charge is -2.06. The quantitative estimate of drug-likeness (QED) is 0.701. The highest BCUT2D eigenvalue weighted by Crippen LogP contribution is 2.18. The van der Waals surface area contributed by atoms with Crippen LogP contribution in [-0.4, -0.2) is 12.9 Å². The van der Waals surface area contributed by atoms with Gasteiger partial charge in [-0.05, 0) is 25.0 Å². The van der Waals surface area contributed by atoms with Crippen molar-refractivity contribution in [3.8, 4) is 5.75 Å². The van der Waals surface area contributed by atoms with Crippen LogP contribution in [0.2, 0.25) is 0 Å². The van der Waals surface area contributed by atoms with Crippen molar-refractivity contribution in [1.82, 2.24) is 0 Å². The molecule has 0 aromatic heterocycles. The first-order valence-electron chi connectivity index (χ1n) is 6.05. The summed E-state index contributed by atoms with van der Waals surface area (Å²) in [5.41, 5.74) is 2.15. The van der Waals surface area contributed by atoms with Gasteiger partial charge < -0.3 is 4.74 Å². The van der Waals surface area contributed by atoms with Gasteiger partial charge in [-0.25, -0.2) is 0 Å². The van der Waals surface area contributed by atoms with Gasteiger partial charge in [-0.2, -0.15) is 0 Å². The Bertz CT molecular complexity index is 399. The van der Waals surface area contributed by atoms with Crippen LogP contribution in [-0.2, 0) is 11.2 Å². The lowest BCUT2D eigenvalue weighted by Crippen LogP contribution is -2.02. The molecule has 0 aliphatic rings. The molecule has 0 aliphatic heterocycles. The average Bonchev–Trinajstić information content (AvgIpc) is 2.36. The monoisotopic (exact) mass is 232 g/mol. The van der Waals surface area contributed by atoms with Crippen LogP contribution in [0.25, 0.3) is 0 Å². The van der Waals surface area contributed by atoms with Gasteiger partial charge in [-0.1, -0.05) is 37.6 Å². The van der Waals surface area contributed by atoms with E-state index in [1.54, 1.807) is 13.2 Å². The summed E-state index contributed by atoms with van der Waals surface area (Å²) in [6.07, 6.45) is 4.06. The van der Waals surface area contributed by atoms with Gasteiger partial charge in [0, 0.05) is 12.0 Å². The Kier molecular flexibility index (Phi) is 5.47. The molecule has 0 spiro atoms. The van der Waals surface area contributed by atoms with Crippen LogP contribution in [0.1, 0.15) is 32.3 Å². The zero-order valence-corrected chi connectivity index (χ0v) is 10.8. The minimum absolute atomic E-state index is 0.146. The van der Waals surface area contributed by atoms with Crippen LogP contribution in [0.5, 0.6) is 5.75 Å². The van der Waals surface area contributed by atoms with E-state index in [4.69, 9.17) is 4.74 Å². The molecule has 0 saturated carbocycles. The number of allylic oxidation sites excluding steroid dienone is 2. The first-order chi connectivity index (χ1) is 8.21. The normalized spacial score (nSPS) is 9.82. The molecule has 0 bridgehead atoms. The third kappa shape index (κ3) is 4.06. The number of methoxy groups -OCH3 is 1. The highest BCUT2D eigenvalue weighted by molar-refractivity contribution is 5.92. The molecule has 0 radical (unpaired) electrons. The molecule has 0 aliphatic carbocycles. The molecule has 0 saturated heterocycles. The Morgan fingerprint density at radius 3 is 2.47 bits per heavy atom. The summed E-state index contributed by atoms with van der Waals surface area (Å²) in [6.45, 7) is 4.15. The zero-order valence-electron chi connectivity index (χ0n) is 10.8. The van der Waals surface area contributed by atoms with Gasteiger partial charge >= 0.3 is 0 Å². The molecule has 1 rings (SSSR count). The fourth-order valence-corrected chi connectivity index (χ4v) is 1.77. The first-order valence-corrected chi connectivity index (χ1v) is 6.05. The largest absolute Gasteiger partial charge is 0.496 e. The van der Waals surface area contributed by atoms with E-state index in [1.807, 2.05) is 24.3 Å². The summed E-state index contributed by atoms with van der Waals surface area (Å²) in [5.74, 6) is 0.928. The Hall–Kier alpha value is -1.57. The molecule has 1 aromatic rings. The minimum Gasteiger partial charge on any atom is -0.496 e. The zero-order chi connectivity index (χ0) is 12.7. The van der Waals surface area contributed by atoms with E-state index >= 15 is 0 Å². The second-order valence-electron chi connectivity index (χ2n) is 3.96. The highest BCUT2D eigenvalue weighted by Gasteiger charge is 2.06. The number of hydrogen-bond acceptors (Lipinski definition) is 2. The molecular formula is C15H20O2. The summed E-state index contributed by atoms with van der Waals surface area (Å²) in [7, 11) is 1.63. The summed E-state index contributed by atoms with van der Waals surface area (Å²) in [5, 5.41) is 0. The van der Waals surface area contributed by atoms with E-state index in [2.05, 4.69) is 13.8 Å². The average molecular weight is 232 g/mol. The Labute approximate surface area is 103 Å². The van der Waals surface area contributed by atoms with Gasteiger partial charge in [-0.15, -0.1) is 0 Å². The Morgan fingerprint density at radius 2 is 1.88 bits per heavy atom. The standard InChI is InChI=1S/C15H20O2/c1-4-12(5-2)10-14(16)11-13-8-6-7-9-15(13)17-3/h6-10H,4-5,11H2,1-3H3. The van der Waals surface area contributed by atoms with Gasteiger partial charge in [-0.3, -0.25) is 4.79 Å². The van der Waals surface area contributed by atoms with Crippen LogP contribution in [0.4, 0.5) is 0 Å². The van der Waals surface area contributed by atoms with Gasteiger partial charge in [0.1, 0.15) is 5.75 Å². The molecule has 0 N–H and O–H groups in total. The number of rotatable bonds is 6. The summed E-state index contributed by atoms with van der Waals surface area (Å²) in [4.78, 5) is 11.9. The first kappa shape index (κ1) is 13.5. The number of carbonyl (C=O) groups excluding carboxylic acids is 1. The number of hydrogen-bond donors (Lipinski definition) is 0.